The molecular formula is C22H26FN3O4. The highest BCUT2D eigenvalue weighted by Crippen LogP contribution is 2.20. The number of hydrogen-bond donors (Lipinski definition) is 1. The fraction of sp³-hybridized carbons (Fsp3) is 0.364. The molecule has 1 N–H and O–H groups in total. The van der Waals surface area contributed by atoms with E-state index in [1.165, 1.54) is 35.2 Å². The smallest absolute Gasteiger partial charge is 0.273 e. The number of rotatable bonds is 9. The lowest BCUT2D eigenvalue weighted by Gasteiger charge is -2.29. The average molecular weight is 415 g/mol. The SMILES string of the molecule is CC(C)CNC(=O)[C@H](C)N(Cc1ccc(F)cc1)C(=O)Cc1ccccc1[N+](=O)[O-]. The lowest BCUT2D eigenvalue weighted by Crippen LogP contribution is -2.48. The molecule has 0 aromatic heterocycles. The van der Waals surface area contributed by atoms with Crippen molar-refractivity contribution < 1.29 is 18.9 Å². The van der Waals surface area contributed by atoms with E-state index in [0.717, 1.165) is 0 Å². The lowest BCUT2D eigenvalue weighted by atomic mass is 10.1. The van der Waals surface area contributed by atoms with Crippen LogP contribution in [0.25, 0.3) is 0 Å². The van der Waals surface area contributed by atoms with E-state index in [1.54, 1.807) is 25.1 Å². The van der Waals surface area contributed by atoms with E-state index in [9.17, 15) is 24.1 Å². The molecule has 7 nitrogen and oxygen atoms in total. The third-order valence-electron chi connectivity index (χ3n) is 4.65. The predicted octanol–water partition coefficient (Wildman–Crippen LogP) is 3.47. The minimum absolute atomic E-state index is 0.0794. The van der Waals surface area contributed by atoms with Crippen LogP contribution in [0.1, 0.15) is 31.9 Å². The van der Waals surface area contributed by atoms with E-state index >= 15 is 0 Å². The highest BCUT2D eigenvalue weighted by Gasteiger charge is 2.28. The van der Waals surface area contributed by atoms with Crippen molar-refractivity contribution in [3.05, 3.63) is 75.6 Å². The molecule has 8 heteroatoms. The van der Waals surface area contributed by atoms with Crippen LogP contribution in [0.15, 0.2) is 48.5 Å². The van der Waals surface area contributed by atoms with Gasteiger partial charge in [0, 0.05) is 24.7 Å². The van der Waals surface area contributed by atoms with Gasteiger partial charge in [0.05, 0.1) is 11.3 Å². The van der Waals surface area contributed by atoms with Crippen LogP contribution in [0, 0.1) is 21.8 Å². The maximum atomic E-state index is 13.2. The van der Waals surface area contributed by atoms with Gasteiger partial charge in [-0.15, -0.1) is 0 Å². The molecule has 30 heavy (non-hydrogen) atoms. The first-order valence-electron chi connectivity index (χ1n) is 9.73. The average Bonchev–Trinajstić information content (AvgIpc) is 2.71. The number of carbonyl (C=O) groups excluding carboxylic acids is 2. The van der Waals surface area contributed by atoms with Gasteiger partial charge in [-0.2, -0.15) is 0 Å². The molecule has 160 valence electrons. The van der Waals surface area contributed by atoms with Crippen LogP contribution in [-0.4, -0.2) is 34.2 Å². The van der Waals surface area contributed by atoms with Gasteiger partial charge in [-0.3, -0.25) is 19.7 Å². The summed E-state index contributed by atoms with van der Waals surface area (Å²) >= 11 is 0. The normalized spacial score (nSPS) is 11.8. The Bertz CT molecular complexity index is 900. The molecule has 0 fully saturated rings. The van der Waals surface area contributed by atoms with Crippen molar-refractivity contribution in [2.45, 2.75) is 39.8 Å². The van der Waals surface area contributed by atoms with Gasteiger partial charge < -0.3 is 10.2 Å². The number of nitrogens with zero attached hydrogens (tertiary/aromatic N) is 2. The first-order chi connectivity index (χ1) is 14.2. The van der Waals surface area contributed by atoms with E-state index < -0.39 is 22.7 Å². The summed E-state index contributed by atoms with van der Waals surface area (Å²) in [6.07, 6.45) is -0.222. The van der Waals surface area contributed by atoms with Crippen molar-refractivity contribution in [1.29, 1.82) is 0 Å². The van der Waals surface area contributed by atoms with Crippen molar-refractivity contribution >= 4 is 17.5 Å². The van der Waals surface area contributed by atoms with Gasteiger partial charge in [-0.25, -0.2) is 4.39 Å². The second-order valence-corrected chi connectivity index (χ2v) is 7.53. The number of benzene rings is 2. The zero-order valence-electron chi connectivity index (χ0n) is 17.3. The molecule has 0 radical (unpaired) electrons. The Morgan fingerprint density at radius 2 is 1.73 bits per heavy atom. The molecule has 0 bridgehead atoms. The molecule has 0 saturated heterocycles. The summed E-state index contributed by atoms with van der Waals surface area (Å²) in [4.78, 5) is 37.8. The van der Waals surface area contributed by atoms with Gasteiger partial charge in [0.2, 0.25) is 11.8 Å². The summed E-state index contributed by atoms with van der Waals surface area (Å²) < 4.78 is 13.2. The van der Waals surface area contributed by atoms with Crippen molar-refractivity contribution in [2.75, 3.05) is 6.54 Å². The van der Waals surface area contributed by atoms with Gasteiger partial charge in [-0.1, -0.05) is 44.2 Å². The van der Waals surface area contributed by atoms with Gasteiger partial charge >= 0.3 is 0 Å². The van der Waals surface area contributed by atoms with E-state index in [2.05, 4.69) is 5.32 Å². The van der Waals surface area contributed by atoms with Crippen molar-refractivity contribution in [3.8, 4) is 0 Å². The van der Waals surface area contributed by atoms with Crippen LogP contribution < -0.4 is 5.32 Å². The Kier molecular flexibility index (Phi) is 8.03. The number of nitro benzene ring substituents is 1. The fourth-order valence-corrected chi connectivity index (χ4v) is 2.92. The van der Waals surface area contributed by atoms with Gasteiger partial charge in [0.15, 0.2) is 0 Å². The van der Waals surface area contributed by atoms with Crippen molar-refractivity contribution in [3.63, 3.8) is 0 Å². The molecule has 2 aromatic rings. The topological polar surface area (TPSA) is 92.6 Å². The van der Waals surface area contributed by atoms with Crippen molar-refractivity contribution in [1.82, 2.24) is 10.2 Å². The Balaban J connectivity index is 2.27. The fourth-order valence-electron chi connectivity index (χ4n) is 2.92. The third-order valence-corrected chi connectivity index (χ3v) is 4.65. The van der Waals surface area contributed by atoms with E-state index in [0.29, 0.717) is 12.1 Å². The van der Waals surface area contributed by atoms with E-state index in [1.807, 2.05) is 13.8 Å². The summed E-state index contributed by atoms with van der Waals surface area (Å²) in [5, 5.41) is 14.1. The second kappa shape index (κ2) is 10.5. The number of para-hydroxylation sites is 1. The largest absolute Gasteiger partial charge is 0.354 e. The van der Waals surface area contributed by atoms with Crippen LogP contribution in [0.2, 0.25) is 0 Å². The molecule has 0 saturated carbocycles. The molecule has 2 rings (SSSR count). The zero-order valence-corrected chi connectivity index (χ0v) is 17.3. The Morgan fingerprint density at radius 3 is 2.33 bits per heavy atom. The Hall–Kier alpha value is -3.29. The van der Waals surface area contributed by atoms with Crippen LogP contribution in [0.5, 0.6) is 0 Å². The monoisotopic (exact) mass is 415 g/mol. The Labute approximate surface area is 175 Å². The van der Waals surface area contributed by atoms with E-state index in [4.69, 9.17) is 0 Å². The minimum Gasteiger partial charge on any atom is -0.354 e. The van der Waals surface area contributed by atoms with Gasteiger partial charge in [0.1, 0.15) is 11.9 Å². The number of amides is 2. The number of nitrogens with one attached hydrogen (secondary N) is 1. The molecule has 0 unspecified atom stereocenters. The standard InChI is InChI=1S/C22H26FN3O4/c1-15(2)13-24-22(28)16(3)25(14-17-8-10-19(23)11-9-17)21(27)12-18-6-4-5-7-20(18)26(29)30/h4-11,15-16H,12-14H2,1-3H3,(H,24,28)/t16-/m0/s1. The second-order valence-electron chi connectivity index (χ2n) is 7.53. The molecule has 2 amide bonds. The summed E-state index contributed by atoms with van der Waals surface area (Å²) in [6.45, 7) is 6.07. The Morgan fingerprint density at radius 1 is 1.10 bits per heavy atom. The van der Waals surface area contributed by atoms with Crippen LogP contribution in [0.4, 0.5) is 10.1 Å². The van der Waals surface area contributed by atoms with Gasteiger partial charge in [0.25, 0.3) is 5.69 Å². The van der Waals surface area contributed by atoms with Crippen LogP contribution >= 0.6 is 0 Å². The van der Waals surface area contributed by atoms with Crippen LogP contribution in [0.3, 0.4) is 0 Å². The predicted molar refractivity (Wildman–Crippen MR) is 111 cm³/mol. The molecule has 0 heterocycles. The van der Waals surface area contributed by atoms with Crippen LogP contribution in [-0.2, 0) is 22.6 Å². The summed E-state index contributed by atoms with van der Waals surface area (Å²) in [5.74, 6) is -0.906. The first kappa shape index (κ1) is 23.0. The van der Waals surface area contributed by atoms with Gasteiger partial charge in [-0.05, 0) is 30.5 Å². The molecule has 0 spiro atoms. The number of halogens is 1. The quantitative estimate of drug-likeness (QED) is 0.501. The number of carbonyl (C=O) groups is 2. The molecule has 0 aliphatic rings. The molecule has 2 aromatic carbocycles. The molecular weight excluding hydrogens is 389 g/mol. The van der Waals surface area contributed by atoms with Crippen molar-refractivity contribution in [2.24, 2.45) is 5.92 Å². The molecule has 0 aliphatic heterocycles. The molecule has 0 aliphatic carbocycles. The minimum atomic E-state index is -0.802. The number of nitro groups is 1. The zero-order chi connectivity index (χ0) is 22.3. The summed E-state index contributed by atoms with van der Waals surface area (Å²) in [7, 11) is 0. The van der Waals surface area contributed by atoms with E-state index in [-0.39, 0.29) is 36.0 Å². The molecule has 1 atom stereocenters. The third kappa shape index (κ3) is 6.37. The first-order valence-corrected chi connectivity index (χ1v) is 9.73. The highest BCUT2D eigenvalue weighted by atomic mass is 19.1. The summed E-state index contributed by atoms with van der Waals surface area (Å²) in [5.41, 5.74) is 0.770. The number of hydrogen-bond acceptors (Lipinski definition) is 4. The lowest BCUT2D eigenvalue weighted by molar-refractivity contribution is -0.385. The highest BCUT2D eigenvalue weighted by molar-refractivity contribution is 5.88. The maximum absolute atomic E-state index is 13.2. The summed E-state index contributed by atoms with van der Waals surface area (Å²) in [6, 6.07) is 10.9. The maximum Gasteiger partial charge on any atom is 0.273 e.